The molecule has 0 spiro atoms. The Morgan fingerprint density at radius 2 is 1.88 bits per heavy atom. The molecule has 2 saturated heterocycles. The van der Waals surface area contributed by atoms with Crippen LogP contribution in [0.1, 0.15) is 31.2 Å². The molecule has 2 aliphatic heterocycles. The lowest BCUT2D eigenvalue weighted by molar-refractivity contribution is -0.137. The van der Waals surface area contributed by atoms with Crippen molar-refractivity contribution in [1.29, 1.82) is 0 Å². The van der Waals surface area contributed by atoms with Crippen LogP contribution in [0.3, 0.4) is 0 Å². The molecule has 3 N–H and O–H groups in total. The summed E-state index contributed by atoms with van der Waals surface area (Å²) in [6, 6.07) is 10.9. The topological polar surface area (TPSA) is 67.6 Å². The average Bonchev–Trinajstić information content (AvgIpc) is 2.68. The minimum Gasteiger partial charge on any atom is -0.381 e. The van der Waals surface area contributed by atoms with E-state index in [1.54, 1.807) is 0 Å². The van der Waals surface area contributed by atoms with Crippen LogP contribution in [-0.2, 0) is 16.0 Å². The first-order valence-electron chi connectivity index (χ1n) is 9.57. The van der Waals surface area contributed by atoms with Crippen molar-refractivity contribution in [2.24, 2.45) is 11.1 Å². The van der Waals surface area contributed by atoms with Crippen molar-refractivity contribution in [3.63, 3.8) is 0 Å². The van der Waals surface area contributed by atoms with E-state index in [-0.39, 0.29) is 11.9 Å². The standard InChI is InChI=1S/C20H31N3O2/c21-16-20(9-14-25-15-10-20)19(24)22-18-7-12-23(13-8-18)11-6-17-4-2-1-3-5-17/h1-5,18H,6-16,21H2,(H,22,24). The Morgan fingerprint density at radius 3 is 2.52 bits per heavy atom. The van der Waals surface area contributed by atoms with E-state index in [0.717, 1.165) is 51.7 Å². The molecule has 2 fully saturated rings. The molecular formula is C20H31N3O2. The summed E-state index contributed by atoms with van der Waals surface area (Å²) in [5.41, 5.74) is 6.91. The van der Waals surface area contributed by atoms with Gasteiger partial charge in [-0.3, -0.25) is 4.79 Å². The van der Waals surface area contributed by atoms with Crippen LogP contribution < -0.4 is 11.1 Å². The highest BCUT2D eigenvalue weighted by Gasteiger charge is 2.39. The highest BCUT2D eigenvalue weighted by molar-refractivity contribution is 5.83. The summed E-state index contributed by atoms with van der Waals surface area (Å²) in [4.78, 5) is 15.3. The predicted octanol–water partition coefficient (Wildman–Crippen LogP) is 1.57. The molecule has 5 nitrogen and oxygen atoms in total. The van der Waals surface area contributed by atoms with E-state index in [2.05, 4.69) is 40.5 Å². The Hall–Kier alpha value is -1.43. The number of hydrogen-bond donors (Lipinski definition) is 2. The molecule has 0 atom stereocenters. The summed E-state index contributed by atoms with van der Waals surface area (Å²) in [5.74, 6) is 0.140. The van der Waals surface area contributed by atoms with Crippen molar-refractivity contribution in [3.05, 3.63) is 35.9 Å². The Morgan fingerprint density at radius 1 is 1.20 bits per heavy atom. The quantitative estimate of drug-likeness (QED) is 0.821. The molecular weight excluding hydrogens is 314 g/mol. The molecule has 1 aromatic rings. The van der Waals surface area contributed by atoms with E-state index < -0.39 is 5.41 Å². The SMILES string of the molecule is NCC1(C(=O)NC2CCN(CCc3ccccc3)CC2)CCOCC1. The fourth-order valence-electron chi connectivity index (χ4n) is 3.86. The van der Waals surface area contributed by atoms with E-state index in [9.17, 15) is 4.79 Å². The van der Waals surface area contributed by atoms with Crippen LogP contribution in [-0.4, -0.2) is 56.2 Å². The van der Waals surface area contributed by atoms with Crippen LogP contribution in [0.4, 0.5) is 0 Å². The van der Waals surface area contributed by atoms with Crippen molar-refractivity contribution in [1.82, 2.24) is 10.2 Å². The third-order valence-corrected chi connectivity index (χ3v) is 5.80. The Kier molecular flexibility index (Phi) is 6.45. The summed E-state index contributed by atoms with van der Waals surface area (Å²) >= 11 is 0. The smallest absolute Gasteiger partial charge is 0.227 e. The van der Waals surface area contributed by atoms with Crippen LogP contribution in [0.15, 0.2) is 30.3 Å². The largest absolute Gasteiger partial charge is 0.381 e. The van der Waals surface area contributed by atoms with Crippen LogP contribution in [0.5, 0.6) is 0 Å². The lowest BCUT2D eigenvalue weighted by Crippen LogP contribution is -2.53. The van der Waals surface area contributed by atoms with Crippen LogP contribution in [0, 0.1) is 5.41 Å². The highest BCUT2D eigenvalue weighted by Crippen LogP contribution is 2.30. The lowest BCUT2D eigenvalue weighted by Gasteiger charge is -2.38. The van der Waals surface area contributed by atoms with Gasteiger partial charge in [-0.05, 0) is 37.7 Å². The molecule has 1 aromatic carbocycles. The molecule has 0 aromatic heterocycles. The Bertz CT molecular complexity index is 535. The number of benzene rings is 1. The van der Waals surface area contributed by atoms with Gasteiger partial charge in [-0.25, -0.2) is 0 Å². The molecule has 0 aliphatic carbocycles. The predicted molar refractivity (Wildman–Crippen MR) is 99.3 cm³/mol. The van der Waals surface area contributed by atoms with E-state index in [4.69, 9.17) is 10.5 Å². The normalized spacial score (nSPS) is 21.8. The number of amides is 1. The fourth-order valence-corrected chi connectivity index (χ4v) is 3.86. The van der Waals surface area contributed by atoms with Crippen molar-refractivity contribution in [2.75, 3.05) is 39.4 Å². The number of likely N-dealkylation sites (tertiary alicyclic amines) is 1. The van der Waals surface area contributed by atoms with Gasteiger partial charge in [-0.1, -0.05) is 30.3 Å². The molecule has 0 bridgehead atoms. The first kappa shape index (κ1) is 18.4. The first-order chi connectivity index (χ1) is 12.2. The number of nitrogens with two attached hydrogens (primary N) is 1. The second-order valence-electron chi connectivity index (χ2n) is 7.42. The zero-order chi connectivity index (χ0) is 17.5. The summed E-state index contributed by atoms with van der Waals surface area (Å²) in [7, 11) is 0. The molecule has 138 valence electrons. The van der Waals surface area contributed by atoms with Crippen molar-refractivity contribution in [2.45, 2.75) is 38.1 Å². The number of nitrogens with zero attached hydrogens (tertiary/aromatic N) is 1. The summed E-state index contributed by atoms with van der Waals surface area (Å²) in [6.45, 7) is 4.89. The molecule has 0 saturated carbocycles. The van der Waals surface area contributed by atoms with Gasteiger partial charge in [0.25, 0.3) is 0 Å². The highest BCUT2D eigenvalue weighted by atomic mass is 16.5. The van der Waals surface area contributed by atoms with Gasteiger partial charge in [0.05, 0.1) is 5.41 Å². The third-order valence-electron chi connectivity index (χ3n) is 5.80. The molecule has 2 heterocycles. The third kappa shape index (κ3) is 4.81. The average molecular weight is 345 g/mol. The Labute approximate surface area is 150 Å². The van der Waals surface area contributed by atoms with Gasteiger partial charge >= 0.3 is 0 Å². The van der Waals surface area contributed by atoms with Gasteiger partial charge < -0.3 is 20.7 Å². The number of piperidine rings is 1. The second-order valence-corrected chi connectivity index (χ2v) is 7.42. The number of carbonyl (C=O) groups is 1. The van der Waals surface area contributed by atoms with Crippen LogP contribution in [0.2, 0.25) is 0 Å². The monoisotopic (exact) mass is 345 g/mol. The van der Waals surface area contributed by atoms with Crippen molar-refractivity contribution in [3.8, 4) is 0 Å². The number of hydrogen-bond acceptors (Lipinski definition) is 4. The van der Waals surface area contributed by atoms with E-state index in [1.165, 1.54) is 5.56 Å². The van der Waals surface area contributed by atoms with Gasteiger partial charge in [-0.2, -0.15) is 0 Å². The van der Waals surface area contributed by atoms with E-state index in [0.29, 0.717) is 19.8 Å². The maximum Gasteiger partial charge on any atom is 0.227 e. The summed E-state index contributed by atoms with van der Waals surface area (Å²) in [6.07, 6.45) is 4.63. The molecule has 2 aliphatic rings. The summed E-state index contributed by atoms with van der Waals surface area (Å²) in [5, 5.41) is 3.27. The molecule has 0 radical (unpaired) electrons. The van der Waals surface area contributed by atoms with Gasteiger partial charge in [0.2, 0.25) is 5.91 Å². The first-order valence-corrected chi connectivity index (χ1v) is 9.57. The maximum atomic E-state index is 12.8. The summed E-state index contributed by atoms with van der Waals surface area (Å²) < 4.78 is 5.40. The van der Waals surface area contributed by atoms with Crippen LogP contribution in [0.25, 0.3) is 0 Å². The van der Waals surface area contributed by atoms with E-state index in [1.807, 2.05) is 0 Å². The number of nitrogens with one attached hydrogen (secondary N) is 1. The maximum absolute atomic E-state index is 12.8. The van der Waals surface area contributed by atoms with Gasteiger partial charge in [-0.15, -0.1) is 0 Å². The van der Waals surface area contributed by atoms with Crippen molar-refractivity contribution >= 4 is 5.91 Å². The molecule has 25 heavy (non-hydrogen) atoms. The minimum atomic E-state index is -0.414. The zero-order valence-electron chi connectivity index (χ0n) is 15.1. The molecule has 5 heteroatoms. The second kappa shape index (κ2) is 8.79. The van der Waals surface area contributed by atoms with Gasteiger partial charge in [0.15, 0.2) is 0 Å². The zero-order valence-corrected chi connectivity index (χ0v) is 15.1. The van der Waals surface area contributed by atoms with E-state index >= 15 is 0 Å². The molecule has 0 unspecified atom stereocenters. The molecule has 3 rings (SSSR count). The van der Waals surface area contributed by atoms with Gasteiger partial charge in [0, 0.05) is 45.4 Å². The number of ether oxygens (including phenoxy) is 1. The van der Waals surface area contributed by atoms with Crippen molar-refractivity contribution < 1.29 is 9.53 Å². The number of carbonyl (C=O) groups excluding carboxylic acids is 1. The van der Waals surface area contributed by atoms with Gasteiger partial charge in [0.1, 0.15) is 0 Å². The lowest BCUT2D eigenvalue weighted by atomic mass is 9.79. The fraction of sp³-hybridized carbons (Fsp3) is 0.650. The number of rotatable bonds is 6. The van der Waals surface area contributed by atoms with Crippen LogP contribution >= 0.6 is 0 Å². The minimum absolute atomic E-state index is 0.140. The Balaban J connectivity index is 1.42. The molecule has 1 amide bonds.